The van der Waals surface area contributed by atoms with Crippen molar-refractivity contribution in [3.05, 3.63) is 65.7 Å². The largest absolute Gasteiger partial charge is 0.490 e. The molecule has 0 atom stereocenters. The number of hydrogen-bond acceptors (Lipinski definition) is 5. The normalized spacial score (nSPS) is 9.96. The maximum absolute atomic E-state index is 12.4. The van der Waals surface area contributed by atoms with Gasteiger partial charge >= 0.3 is 0 Å². The Hall–Kier alpha value is -2.97. The van der Waals surface area contributed by atoms with Crippen LogP contribution in [0.5, 0.6) is 5.75 Å². The molecule has 0 heterocycles. The molecule has 0 aliphatic carbocycles. The lowest BCUT2D eigenvalue weighted by molar-refractivity contribution is 0.0931. The zero-order valence-corrected chi connectivity index (χ0v) is 15.7. The average Bonchev–Trinajstić information content (AvgIpc) is 2.70. The zero-order valence-electron chi connectivity index (χ0n) is 14.9. The Kier molecular flexibility index (Phi) is 8.21. The van der Waals surface area contributed by atoms with Gasteiger partial charge in [-0.2, -0.15) is 0 Å². The van der Waals surface area contributed by atoms with Gasteiger partial charge in [-0.1, -0.05) is 30.3 Å². The summed E-state index contributed by atoms with van der Waals surface area (Å²) in [4.78, 5) is 24.4. The average molecular weight is 387 g/mol. The maximum atomic E-state index is 12.4. The van der Waals surface area contributed by atoms with E-state index in [4.69, 9.17) is 21.7 Å². The molecular weight excluding hydrogens is 366 g/mol. The summed E-state index contributed by atoms with van der Waals surface area (Å²) in [6.45, 7) is 3.25. The highest BCUT2D eigenvalue weighted by molar-refractivity contribution is 7.80. The topological polar surface area (TPSA) is 88.7 Å². The number of ether oxygens (including phenoxy) is 2. The van der Waals surface area contributed by atoms with Crippen LogP contribution >= 0.6 is 12.2 Å². The van der Waals surface area contributed by atoms with Crippen molar-refractivity contribution in [3.8, 4) is 5.75 Å². The Bertz CT molecular complexity index is 784. The summed E-state index contributed by atoms with van der Waals surface area (Å²) in [7, 11) is 0. The molecule has 2 rings (SSSR count). The minimum Gasteiger partial charge on any atom is -0.490 e. The first kappa shape index (κ1) is 20.3. The van der Waals surface area contributed by atoms with Crippen LogP contribution in [-0.2, 0) is 4.74 Å². The molecule has 2 aromatic rings. The maximum Gasteiger partial charge on any atom is 0.269 e. The van der Waals surface area contributed by atoms with Crippen molar-refractivity contribution in [2.24, 2.45) is 0 Å². The first-order chi connectivity index (χ1) is 13.1. The lowest BCUT2D eigenvalue weighted by atomic mass is 10.2. The predicted molar refractivity (Wildman–Crippen MR) is 106 cm³/mol. The summed E-state index contributed by atoms with van der Waals surface area (Å²) >= 11 is 5.05. The van der Waals surface area contributed by atoms with Crippen LogP contribution in [0.25, 0.3) is 0 Å². The molecule has 0 saturated heterocycles. The molecule has 2 amide bonds. The second kappa shape index (κ2) is 10.9. The fraction of sp³-hybridized carbons (Fsp3) is 0.211. The van der Waals surface area contributed by atoms with E-state index in [-0.39, 0.29) is 11.0 Å². The van der Waals surface area contributed by atoms with E-state index in [9.17, 15) is 9.59 Å². The molecule has 0 aromatic heterocycles. The first-order valence-corrected chi connectivity index (χ1v) is 8.79. The van der Waals surface area contributed by atoms with E-state index in [0.717, 1.165) is 0 Å². The van der Waals surface area contributed by atoms with Crippen molar-refractivity contribution < 1.29 is 19.1 Å². The quantitative estimate of drug-likeness (QED) is 0.383. The fourth-order valence-electron chi connectivity index (χ4n) is 2.11. The van der Waals surface area contributed by atoms with Crippen LogP contribution in [0, 0.1) is 0 Å². The van der Waals surface area contributed by atoms with Gasteiger partial charge in [0.05, 0.1) is 12.2 Å². The van der Waals surface area contributed by atoms with Crippen molar-refractivity contribution in [3.63, 3.8) is 0 Å². The molecule has 0 aliphatic heterocycles. The standard InChI is InChI=1S/C19H21N3O4S/c1-2-25-12-13-26-16-11-7-6-10-15(16)18(24)20-19(27)22-21-17(23)14-8-4-3-5-9-14/h3-11H,2,12-13H2,1H3,(H,21,23)(H2,20,22,24,27). The van der Waals surface area contributed by atoms with Crippen LogP contribution in [0.1, 0.15) is 27.6 Å². The van der Waals surface area contributed by atoms with Gasteiger partial charge in [-0.3, -0.25) is 25.8 Å². The second-order valence-corrected chi connectivity index (χ2v) is 5.68. The summed E-state index contributed by atoms with van der Waals surface area (Å²) in [5.74, 6) is -0.397. The van der Waals surface area contributed by atoms with E-state index < -0.39 is 5.91 Å². The number of rotatable bonds is 7. The number of thiocarbonyl (C=S) groups is 1. The number of carbonyl (C=O) groups excluding carboxylic acids is 2. The van der Waals surface area contributed by atoms with Gasteiger partial charge in [-0.05, 0) is 43.4 Å². The van der Waals surface area contributed by atoms with Gasteiger partial charge in [0.25, 0.3) is 11.8 Å². The van der Waals surface area contributed by atoms with E-state index in [1.807, 2.05) is 13.0 Å². The van der Waals surface area contributed by atoms with Crippen LogP contribution in [-0.4, -0.2) is 36.7 Å². The Morgan fingerprint density at radius 3 is 2.37 bits per heavy atom. The van der Waals surface area contributed by atoms with Crippen LogP contribution in [0.2, 0.25) is 0 Å². The van der Waals surface area contributed by atoms with Crippen molar-refractivity contribution in [2.45, 2.75) is 6.92 Å². The molecule has 0 aliphatic rings. The van der Waals surface area contributed by atoms with Crippen LogP contribution in [0.3, 0.4) is 0 Å². The number of nitrogens with one attached hydrogen (secondary N) is 3. The molecule has 0 spiro atoms. The van der Waals surface area contributed by atoms with Gasteiger partial charge in [0.15, 0.2) is 5.11 Å². The van der Waals surface area contributed by atoms with Gasteiger partial charge in [0, 0.05) is 12.2 Å². The number of benzene rings is 2. The highest BCUT2D eigenvalue weighted by Crippen LogP contribution is 2.17. The van der Waals surface area contributed by atoms with E-state index in [0.29, 0.717) is 36.7 Å². The fourth-order valence-corrected chi connectivity index (χ4v) is 2.26. The smallest absolute Gasteiger partial charge is 0.269 e. The minimum atomic E-state index is -0.450. The van der Waals surface area contributed by atoms with Gasteiger partial charge in [0.1, 0.15) is 12.4 Å². The summed E-state index contributed by atoms with van der Waals surface area (Å²) in [5.41, 5.74) is 5.72. The van der Waals surface area contributed by atoms with Crippen LogP contribution in [0.15, 0.2) is 54.6 Å². The SMILES string of the molecule is CCOCCOc1ccccc1C(=O)NC(=S)NNC(=O)c1ccccc1. The van der Waals surface area contributed by atoms with E-state index in [1.165, 1.54) is 0 Å². The monoisotopic (exact) mass is 387 g/mol. The summed E-state index contributed by atoms with van der Waals surface area (Å²) in [6.07, 6.45) is 0. The molecule has 27 heavy (non-hydrogen) atoms. The van der Waals surface area contributed by atoms with Gasteiger partial charge in [-0.25, -0.2) is 0 Å². The van der Waals surface area contributed by atoms with E-state index in [1.54, 1.807) is 48.5 Å². The van der Waals surface area contributed by atoms with E-state index >= 15 is 0 Å². The minimum absolute atomic E-state index is 0.0339. The first-order valence-electron chi connectivity index (χ1n) is 8.38. The number of para-hydroxylation sites is 1. The third kappa shape index (κ3) is 6.69. The zero-order chi connectivity index (χ0) is 19.5. The Morgan fingerprint density at radius 2 is 1.63 bits per heavy atom. The van der Waals surface area contributed by atoms with Crippen molar-refractivity contribution in [1.82, 2.24) is 16.2 Å². The number of hydrogen-bond donors (Lipinski definition) is 3. The van der Waals surface area contributed by atoms with Crippen LogP contribution < -0.4 is 20.9 Å². The second-order valence-electron chi connectivity index (χ2n) is 5.27. The van der Waals surface area contributed by atoms with Gasteiger partial charge < -0.3 is 9.47 Å². The van der Waals surface area contributed by atoms with Crippen molar-refractivity contribution in [1.29, 1.82) is 0 Å². The highest BCUT2D eigenvalue weighted by atomic mass is 32.1. The number of hydrazine groups is 1. The molecule has 8 heteroatoms. The third-order valence-corrected chi connectivity index (χ3v) is 3.58. The molecule has 0 bridgehead atoms. The molecule has 0 saturated carbocycles. The predicted octanol–water partition coefficient (Wildman–Crippen LogP) is 2.05. The highest BCUT2D eigenvalue weighted by Gasteiger charge is 2.14. The molecule has 7 nitrogen and oxygen atoms in total. The number of amides is 2. The molecular formula is C19H21N3O4S. The Balaban J connectivity index is 1.87. The molecule has 142 valence electrons. The summed E-state index contributed by atoms with van der Waals surface area (Å²) in [5, 5.41) is 2.47. The molecule has 0 radical (unpaired) electrons. The Labute approximate surface area is 163 Å². The molecule has 2 aromatic carbocycles. The lowest BCUT2D eigenvalue weighted by Crippen LogP contribution is -2.48. The lowest BCUT2D eigenvalue weighted by Gasteiger charge is -2.13. The molecule has 0 fully saturated rings. The summed E-state index contributed by atoms with van der Waals surface area (Å²) in [6, 6.07) is 15.4. The van der Waals surface area contributed by atoms with Gasteiger partial charge in [0.2, 0.25) is 0 Å². The Morgan fingerprint density at radius 1 is 0.926 bits per heavy atom. The van der Waals surface area contributed by atoms with Gasteiger partial charge in [-0.15, -0.1) is 0 Å². The summed E-state index contributed by atoms with van der Waals surface area (Å²) < 4.78 is 10.8. The van der Waals surface area contributed by atoms with E-state index in [2.05, 4.69) is 16.2 Å². The number of carbonyl (C=O) groups is 2. The molecule has 3 N–H and O–H groups in total. The molecule has 0 unspecified atom stereocenters. The third-order valence-electron chi connectivity index (χ3n) is 3.37. The van der Waals surface area contributed by atoms with Crippen LogP contribution in [0.4, 0.5) is 0 Å². The van der Waals surface area contributed by atoms with Crippen molar-refractivity contribution in [2.75, 3.05) is 19.8 Å². The van der Waals surface area contributed by atoms with Crippen molar-refractivity contribution >= 4 is 29.1 Å².